The first-order valence-electron chi connectivity index (χ1n) is 14.7. The molecule has 6 rings (SSSR count). The third-order valence-corrected chi connectivity index (χ3v) is 9.70. The molecule has 4 atom stereocenters. The second-order valence-electron chi connectivity index (χ2n) is 12.2. The van der Waals surface area contributed by atoms with E-state index in [1.54, 1.807) is 12.1 Å². The molecule has 0 saturated carbocycles. The Balaban J connectivity index is 1.19. The number of carbonyl (C=O) groups excluding carboxylic acids is 2. The Morgan fingerprint density at radius 3 is 1.50 bits per heavy atom. The monoisotopic (exact) mass is 672 g/mol. The summed E-state index contributed by atoms with van der Waals surface area (Å²) in [6.45, 7) is 0.241. The fraction of sp³-hybridized carbons (Fsp3) is 0.400. The molecule has 0 radical (unpaired) electrons. The summed E-state index contributed by atoms with van der Waals surface area (Å²) in [5.74, 6) is -2.32. The molecular weight excluding hydrogens is 636 g/mol. The number of sulfonamides is 2. The zero-order valence-corrected chi connectivity index (χ0v) is 26.9. The average molecular weight is 673 g/mol. The molecule has 246 valence electrons. The fourth-order valence-electron chi connectivity index (χ4n) is 6.32. The van der Waals surface area contributed by atoms with Gasteiger partial charge in [0.25, 0.3) is 0 Å². The molecule has 0 aliphatic heterocycles. The maximum atomic E-state index is 13.1. The fourth-order valence-corrected chi connectivity index (χ4v) is 7.17. The number of esters is 2. The predicted octanol–water partition coefficient (Wildman–Crippen LogP) is 1.16. The quantitative estimate of drug-likeness (QED) is 0.116. The van der Waals surface area contributed by atoms with Crippen molar-refractivity contribution in [1.82, 2.24) is 19.4 Å². The van der Waals surface area contributed by atoms with E-state index in [9.17, 15) is 26.4 Å². The Kier molecular flexibility index (Phi) is 8.45. The van der Waals surface area contributed by atoms with Crippen molar-refractivity contribution in [3.63, 3.8) is 0 Å². The van der Waals surface area contributed by atoms with Crippen molar-refractivity contribution in [2.24, 2.45) is 11.5 Å². The van der Waals surface area contributed by atoms with Crippen molar-refractivity contribution in [1.29, 1.82) is 0 Å². The molecule has 4 unspecified atom stereocenters. The van der Waals surface area contributed by atoms with Gasteiger partial charge in [0.05, 0.1) is 23.9 Å². The second kappa shape index (κ2) is 12.1. The Bertz CT molecular complexity index is 1920. The molecule has 2 aromatic carbocycles. The van der Waals surface area contributed by atoms with Gasteiger partial charge in [0, 0.05) is 59.8 Å². The van der Waals surface area contributed by atoms with Gasteiger partial charge < -0.3 is 30.9 Å². The number of fused-ring (bicyclic) bond motifs is 6. The van der Waals surface area contributed by atoms with E-state index < -0.39 is 44.2 Å². The van der Waals surface area contributed by atoms with Gasteiger partial charge in [0.15, 0.2) is 0 Å². The van der Waals surface area contributed by atoms with Crippen LogP contribution in [0.2, 0.25) is 0 Å². The topological polar surface area (TPSA) is 229 Å². The van der Waals surface area contributed by atoms with Gasteiger partial charge in [-0.2, -0.15) is 0 Å². The summed E-state index contributed by atoms with van der Waals surface area (Å²) < 4.78 is 62.5. The maximum absolute atomic E-state index is 13.1. The van der Waals surface area contributed by atoms with Gasteiger partial charge >= 0.3 is 11.9 Å². The number of rotatable bonds is 8. The summed E-state index contributed by atoms with van der Waals surface area (Å²) in [5.41, 5.74) is 18.6. The first-order valence-corrected chi connectivity index (χ1v) is 18.5. The molecular formula is C30H36N6O8S2. The highest BCUT2D eigenvalue weighted by Crippen LogP contribution is 2.39. The molecule has 14 nitrogen and oxygen atoms in total. The summed E-state index contributed by atoms with van der Waals surface area (Å²) in [5, 5.41) is 1.67. The van der Waals surface area contributed by atoms with E-state index in [4.69, 9.17) is 20.9 Å². The van der Waals surface area contributed by atoms with Crippen molar-refractivity contribution in [2.75, 3.05) is 12.5 Å². The largest absolute Gasteiger partial charge is 0.447 e. The normalized spacial score (nSPS) is 21.6. The van der Waals surface area contributed by atoms with Gasteiger partial charge in [-0.3, -0.25) is 0 Å². The highest BCUT2D eigenvalue weighted by Gasteiger charge is 2.36. The lowest BCUT2D eigenvalue weighted by Crippen LogP contribution is -2.35. The van der Waals surface area contributed by atoms with E-state index >= 15 is 0 Å². The summed E-state index contributed by atoms with van der Waals surface area (Å²) in [6, 6.07) is 10.3. The number of nitrogens with two attached hydrogens (primary N) is 2. The molecule has 2 aliphatic rings. The molecule has 8 N–H and O–H groups in total. The minimum Gasteiger partial charge on any atom is -0.447 e. The van der Waals surface area contributed by atoms with E-state index in [0.717, 1.165) is 56.6 Å². The summed E-state index contributed by atoms with van der Waals surface area (Å²) in [7, 11) is -6.75. The first kappa shape index (κ1) is 32.2. The smallest absolute Gasteiger partial charge is 0.418 e. The Morgan fingerprint density at radius 2 is 1.13 bits per heavy atom. The minimum absolute atomic E-state index is 0.121. The van der Waals surface area contributed by atoms with Crippen LogP contribution in [0.25, 0.3) is 21.8 Å². The predicted molar refractivity (Wildman–Crippen MR) is 170 cm³/mol. The number of H-pyrrole nitrogens is 2. The molecule has 2 heterocycles. The van der Waals surface area contributed by atoms with Crippen molar-refractivity contribution < 1.29 is 35.9 Å². The van der Waals surface area contributed by atoms with E-state index in [1.807, 2.05) is 24.3 Å². The van der Waals surface area contributed by atoms with Crippen molar-refractivity contribution in [2.45, 2.75) is 63.1 Å². The average Bonchev–Trinajstić information content (AvgIpc) is 3.52. The number of aromatic nitrogens is 2. The van der Waals surface area contributed by atoms with Crippen LogP contribution in [0, 0.1) is 0 Å². The van der Waals surface area contributed by atoms with Gasteiger partial charge in [-0.05, 0) is 59.4 Å². The number of ether oxygens (including phenoxy) is 2. The van der Waals surface area contributed by atoms with Crippen LogP contribution in [0.3, 0.4) is 0 Å². The number of hydrogen-bond donors (Lipinski definition) is 6. The van der Waals surface area contributed by atoms with Crippen molar-refractivity contribution in [3.05, 3.63) is 70.0 Å². The molecule has 2 aliphatic carbocycles. The van der Waals surface area contributed by atoms with Gasteiger partial charge in [-0.1, -0.05) is 12.1 Å². The molecule has 46 heavy (non-hydrogen) atoms. The molecule has 2 aromatic heterocycles. The van der Waals surface area contributed by atoms with Crippen molar-refractivity contribution in [3.8, 4) is 0 Å². The Morgan fingerprint density at radius 1 is 0.739 bits per heavy atom. The second-order valence-corrected chi connectivity index (χ2v) is 15.8. The minimum atomic E-state index is -3.37. The summed E-state index contributed by atoms with van der Waals surface area (Å²) >= 11 is 0. The summed E-state index contributed by atoms with van der Waals surface area (Å²) in [6.07, 6.45) is 2.14. The van der Waals surface area contributed by atoms with Crippen LogP contribution < -0.4 is 20.9 Å². The zero-order valence-electron chi connectivity index (χ0n) is 25.3. The zero-order chi connectivity index (χ0) is 33.0. The highest BCUT2D eigenvalue weighted by atomic mass is 32.2. The van der Waals surface area contributed by atoms with Crippen LogP contribution in [-0.4, -0.2) is 63.3 Å². The Labute approximate surface area is 265 Å². The maximum Gasteiger partial charge on any atom is 0.418 e. The van der Waals surface area contributed by atoms with Crippen LogP contribution in [-0.2, 0) is 65.0 Å². The van der Waals surface area contributed by atoms with Gasteiger partial charge in [-0.25, -0.2) is 35.9 Å². The number of carbonyl (C=O) groups is 2. The van der Waals surface area contributed by atoms with Crippen LogP contribution in [0.15, 0.2) is 36.4 Å². The number of benzene rings is 2. The lowest BCUT2D eigenvalue weighted by molar-refractivity contribution is -0.175. The molecule has 0 bridgehead atoms. The van der Waals surface area contributed by atoms with Gasteiger partial charge in [0.1, 0.15) is 12.2 Å². The van der Waals surface area contributed by atoms with Crippen molar-refractivity contribution >= 4 is 53.8 Å². The van der Waals surface area contributed by atoms with Crippen LogP contribution in [0.1, 0.15) is 58.7 Å². The van der Waals surface area contributed by atoms with E-state index in [-0.39, 0.29) is 25.2 Å². The molecule has 0 spiro atoms. The van der Waals surface area contributed by atoms with Gasteiger partial charge in [-0.15, -0.1) is 0 Å². The Hall–Kier alpha value is -3.80. The van der Waals surface area contributed by atoms with Crippen LogP contribution in [0.4, 0.5) is 0 Å². The van der Waals surface area contributed by atoms with E-state index in [0.29, 0.717) is 37.1 Å². The highest BCUT2D eigenvalue weighted by molar-refractivity contribution is 7.88. The molecule has 16 heteroatoms. The molecule has 0 amide bonds. The molecule has 0 fully saturated rings. The SMILES string of the molecule is CS(=O)(=O)NCc1ccc2[nH]c3c(c2c1)CC(N)CC3OC(=O)C(=O)OC1CC(N)Cc2c1[nH]c1ccc(CNS(C)(=O)=O)cc21. The molecule has 4 aromatic rings. The van der Waals surface area contributed by atoms with Gasteiger partial charge in [0.2, 0.25) is 20.0 Å². The third-order valence-electron chi connectivity index (χ3n) is 8.36. The number of nitrogens with one attached hydrogen (secondary N) is 4. The first-order chi connectivity index (χ1) is 21.6. The van der Waals surface area contributed by atoms with E-state index in [1.165, 1.54) is 0 Å². The summed E-state index contributed by atoms with van der Waals surface area (Å²) in [4.78, 5) is 32.8. The lowest BCUT2D eigenvalue weighted by Gasteiger charge is -2.28. The van der Waals surface area contributed by atoms with Crippen LogP contribution in [0.5, 0.6) is 0 Å². The standard InChI is InChI=1S/C30H36N6O8S2/c1-45(39,40)33-13-15-3-5-23-19(7-15)21-9-17(31)11-25(27(21)35-23)43-29(37)30(38)44-26-12-18(32)10-22-20-8-16(14-34-46(2,41)42)4-6-24(20)36-28(22)26/h3-8,17-18,25-26,33-36H,9-14,31-32H2,1-2H3. The number of aromatic amines is 2. The lowest BCUT2D eigenvalue weighted by atomic mass is 9.89. The molecule has 0 saturated heterocycles. The third kappa shape index (κ3) is 6.96. The van der Waals surface area contributed by atoms with Crippen LogP contribution >= 0.6 is 0 Å². The number of hydrogen-bond acceptors (Lipinski definition) is 10. The van der Waals surface area contributed by atoms with E-state index in [2.05, 4.69) is 19.4 Å².